The van der Waals surface area contributed by atoms with Crippen LogP contribution < -0.4 is 27.4 Å². The molecule has 7 atom stereocenters. The number of allylic oxidation sites excluding steroid dienone is 1. The Labute approximate surface area is 277 Å². The summed E-state index contributed by atoms with van der Waals surface area (Å²) in [6, 6.07) is 0.932. The van der Waals surface area contributed by atoms with E-state index in [-0.39, 0.29) is 27.7 Å². The van der Waals surface area contributed by atoms with E-state index in [0.29, 0.717) is 30.7 Å². The maximum atomic E-state index is 14.7. The number of alkyl halides is 1. The predicted molar refractivity (Wildman–Crippen MR) is 182 cm³/mol. The minimum Gasteiger partial charge on any atom is -0.386 e. The number of halogens is 1. The van der Waals surface area contributed by atoms with Gasteiger partial charge < -0.3 is 32.2 Å². The van der Waals surface area contributed by atoms with Gasteiger partial charge in [-0.25, -0.2) is 0 Å². The number of piperidine rings is 2. The number of amides is 1. The molecule has 0 aromatic rings. The van der Waals surface area contributed by atoms with E-state index in [9.17, 15) is 4.79 Å². The fraction of sp³-hybridized carbons (Fsp3) is 0.914. The van der Waals surface area contributed by atoms with E-state index in [4.69, 9.17) is 27.8 Å². The molecular formula is C35H62ClN7O2. The van der Waals surface area contributed by atoms with Gasteiger partial charge in [0.05, 0.1) is 23.2 Å². The van der Waals surface area contributed by atoms with Crippen molar-refractivity contribution in [3.63, 3.8) is 0 Å². The van der Waals surface area contributed by atoms with E-state index < -0.39 is 12.1 Å². The third-order valence-electron chi connectivity index (χ3n) is 13.5. The van der Waals surface area contributed by atoms with Gasteiger partial charge in [0, 0.05) is 64.2 Å². The van der Waals surface area contributed by atoms with Crippen LogP contribution in [0, 0.1) is 22.7 Å². The second kappa shape index (κ2) is 13.9. The molecule has 5 fully saturated rings. The highest BCUT2D eigenvalue weighted by Gasteiger charge is 2.64. The summed E-state index contributed by atoms with van der Waals surface area (Å²) in [7, 11) is 1.84. The van der Waals surface area contributed by atoms with Gasteiger partial charge in [-0.1, -0.05) is 32.8 Å². The van der Waals surface area contributed by atoms with Crippen LogP contribution in [0.1, 0.15) is 90.9 Å². The SMILES string of the molecule is CCC12/C=C(/C(C(=O)NC3(C4CCCC4)CNCCC3N3CCC(N4CCC(OC)C4)CC3)C(N)N)NCC(Cl)CC1(CC)C2. The molecule has 10 heteroatoms. The summed E-state index contributed by atoms with van der Waals surface area (Å²) in [5.74, 6) is -0.221. The number of fused-ring (bicyclic) bond motifs is 1. The van der Waals surface area contributed by atoms with Crippen molar-refractivity contribution in [2.45, 2.75) is 126 Å². The molecule has 2 saturated carbocycles. The fourth-order valence-corrected chi connectivity index (χ4v) is 11.1. The summed E-state index contributed by atoms with van der Waals surface area (Å²) in [6.07, 6.45) is 15.5. The fourth-order valence-electron chi connectivity index (χ4n) is 10.7. The lowest BCUT2D eigenvalue weighted by Crippen LogP contribution is -2.74. The van der Waals surface area contributed by atoms with Gasteiger partial charge in [0.15, 0.2) is 0 Å². The molecule has 45 heavy (non-hydrogen) atoms. The Morgan fingerprint density at radius 2 is 1.82 bits per heavy atom. The molecule has 2 aliphatic carbocycles. The van der Waals surface area contributed by atoms with E-state index >= 15 is 0 Å². The number of rotatable bonds is 10. The van der Waals surface area contributed by atoms with Gasteiger partial charge in [-0.15, -0.1) is 11.6 Å². The molecule has 4 aliphatic heterocycles. The Morgan fingerprint density at radius 3 is 2.47 bits per heavy atom. The smallest absolute Gasteiger partial charge is 0.232 e. The van der Waals surface area contributed by atoms with Crippen molar-refractivity contribution in [3.05, 3.63) is 11.8 Å². The highest BCUT2D eigenvalue weighted by Crippen LogP contribution is 2.72. The number of hydrogen-bond donors (Lipinski definition) is 5. The molecule has 0 radical (unpaired) electrons. The molecule has 6 aliphatic rings. The Hall–Kier alpha value is -0.940. The quantitative estimate of drug-likeness (QED) is 0.181. The summed E-state index contributed by atoms with van der Waals surface area (Å²) < 4.78 is 5.67. The van der Waals surface area contributed by atoms with Gasteiger partial charge in [-0.05, 0) is 87.5 Å². The zero-order chi connectivity index (χ0) is 31.8. The average Bonchev–Trinajstić information content (AvgIpc) is 3.47. The Balaban J connectivity index is 1.24. The molecule has 6 rings (SSSR count). The maximum absolute atomic E-state index is 14.7. The number of carbonyl (C=O) groups excluding carboxylic acids is 1. The highest BCUT2D eigenvalue weighted by molar-refractivity contribution is 6.20. The summed E-state index contributed by atoms with van der Waals surface area (Å²) in [6.45, 7) is 11.3. The molecule has 0 aromatic heterocycles. The molecule has 4 heterocycles. The zero-order valence-electron chi connectivity index (χ0n) is 28.3. The highest BCUT2D eigenvalue weighted by atomic mass is 35.5. The molecule has 0 bridgehead atoms. The van der Waals surface area contributed by atoms with E-state index in [2.05, 4.69) is 45.7 Å². The maximum Gasteiger partial charge on any atom is 0.232 e. The second-order valence-corrected chi connectivity index (χ2v) is 16.2. The van der Waals surface area contributed by atoms with E-state index in [0.717, 1.165) is 96.3 Å². The second-order valence-electron chi connectivity index (χ2n) is 15.6. The van der Waals surface area contributed by atoms with Crippen LogP contribution in [0.15, 0.2) is 11.8 Å². The number of nitrogens with one attached hydrogen (secondary N) is 3. The van der Waals surface area contributed by atoms with E-state index in [1.54, 1.807) is 0 Å². The topological polar surface area (TPSA) is 121 Å². The first-order valence-corrected chi connectivity index (χ1v) is 18.8. The van der Waals surface area contributed by atoms with Gasteiger partial charge in [0.25, 0.3) is 0 Å². The van der Waals surface area contributed by atoms with Crippen molar-refractivity contribution >= 4 is 17.5 Å². The lowest BCUT2D eigenvalue weighted by Gasteiger charge is -2.54. The van der Waals surface area contributed by atoms with Crippen molar-refractivity contribution in [3.8, 4) is 0 Å². The number of carbonyl (C=O) groups is 1. The zero-order valence-corrected chi connectivity index (χ0v) is 29.1. The molecular weight excluding hydrogens is 586 g/mol. The number of nitrogens with two attached hydrogens (primary N) is 2. The van der Waals surface area contributed by atoms with Crippen molar-refractivity contribution in [1.82, 2.24) is 25.8 Å². The third-order valence-corrected chi connectivity index (χ3v) is 13.8. The lowest BCUT2D eigenvalue weighted by atomic mass is 9.71. The van der Waals surface area contributed by atoms with Gasteiger partial charge in [0.2, 0.25) is 5.91 Å². The first-order valence-electron chi connectivity index (χ1n) is 18.4. The molecule has 9 nitrogen and oxygen atoms in total. The van der Waals surface area contributed by atoms with Crippen molar-refractivity contribution in [2.24, 2.45) is 34.1 Å². The van der Waals surface area contributed by atoms with E-state index in [1.807, 2.05) is 7.11 Å². The van der Waals surface area contributed by atoms with Crippen LogP contribution in [-0.4, -0.2) is 104 Å². The first-order chi connectivity index (χ1) is 21.7. The summed E-state index contributed by atoms with van der Waals surface area (Å²) in [5, 5.41) is 11.1. The van der Waals surface area contributed by atoms with Crippen molar-refractivity contribution < 1.29 is 9.53 Å². The number of likely N-dealkylation sites (tertiary alicyclic amines) is 2. The molecule has 0 spiro atoms. The Kier molecular flexibility index (Phi) is 10.5. The van der Waals surface area contributed by atoms with Crippen molar-refractivity contribution in [1.29, 1.82) is 0 Å². The average molecular weight is 648 g/mol. The molecule has 3 saturated heterocycles. The summed E-state index contributed by atoms with van der Waals surface area (Å²) in [5.41, 5.74) is 13.9. The third kappa shape index (κ3) is 6.45. The number of methoxy groups -OCH3 is 1. The molecule has 7 N–H and O–H groups in total. The van der Waals surface area contributed by atoms with E-state index in [1.165, 1.54) is 25.7 Å². The Bertz CT molecular complexity index is 1060. The normalized spacial score (nSPS) is 40.7. The Morgan fingerprint density at radius 1 is 1.09 bits per heavy atom. The minimum atomic E-state index is -0.802. The van der Waals surface area contributed by atoms with Gasteiger partial charge >= 0.3 is 0 Å². The standard InChI is InChI=1S/C35H62ClN7O2/c1-4-33-18-25(36)20-40-28(19-34(33,5-2)22-33)30(31(37)38)32(44)41-35(24-8-6-7-9-24)23-39-14-10-29(35)42-15-11-26(12-16-42)43-17-13-27(21-43)45-3/h19,24-27,29-31,39-40H,4-18,20-23,37-38H2,1-3H3,(H,41,44)/b28-19-. The van der Waals surface area contributed by atoms with Crippen LogP contribution in [0.5, 0.6) is 0 Å². The molecule has 256 valence electrons. The molecule has 0 aromatic carbocycles. The van der Waals surface area contributed by atoms with Gasteiger partial charge in [-0.2, -0.15) is 0 Å². The predicted octanol–water partition coefficient (Wildman–Crippen LogP) is 3.12. The van der Waals surface area contributed by atoms with Crippen molar-refractivity contribution in [2.75, 3.05) is 52.9 Å². The van der Waals surface area contributed by atoms with Crippen LogP contribution in [0.4, 0.5) is 0 Å². The summed E-state index contributed by atoms with van der Waals surface area (Å²) >= 11 is 6.89. The number of hydrogen-bond acceptors (Lipinski definition) is 8. The summed E-state index contributed by atoms with van der Waals surface area (Å²) in [4.78, 5) is 20.1. The van der Waals surface area contributed by atoms with Gasteiger partial charge in [0.1, 0.15) is 5.92 Å². The molecule has 7 unspecified atom stereocenters. The van der Waals surface area contributed by atoms with Crippen LogP contribution in [0.25, 0.3) is 0 Å². The van der Waals surface area contributed by atoms with Crippen LogP contribution in [0.2, 0.25) is 0 Å². The number of ether oxygens (including phenoxy) is 1. The van der Waals surface area contributed by atoms with Crippen LogP contribution >= 0.6 is 11.6 Å². The molecule has 1 amide bonds. The van der Waals surface area contributed by atoms with Gasteiger partial charge in [-0.3, -0.25) is 14.6 Å². The monoisotopic (exact) mass is 647 g/mol. The first kappa shape index (κ1) is 33.9. The number of nitrogens with zero attached hydrogens (tertiary/aromatic N) is 2. The largest absolute Gasteiger partial charge is 0.386 e. The van der Waals surface area contributed by atoms with Crippen LogP contribution in [0.3, 0.4) is 0 Å². The van der Waals surface area contributed by atoms with Crippen LogP contribution in [-0.2, 0) is 9.53 Å². The minimum absolute atomic E-state index is 0.0143. The lowest BCUT2D eigenvalue weighted by molar-refractivity contribution is -0.129.